The van der Waals surface area contributed by atoms with Gasteiger partial charge in [0.25, 0.3) is 5.91 Å². The number of H-pyrrole nitrogens is 1. The van der Waals surface area contributed by atoms with Gasteiger partial charge in [-0.05, 0) is 36.4 Å². The molecule has 1 aromatic heterocycles. The van der Waals surface area contributed by atoms with E-state index < -0.39 is 5.82 Å². The second-order valence-corrected chi connectivity index (χ2v) is 5.87. The maximum atomic E-state index is 13.0. The van der Waals surface area contributed by atoms with Crippen LogP contribution < -0.4 is 11.1 Å². The molecule has 138 valence electrons. The fraction of sp³-hybridized carbons (Fsp3) is 0.0476. The van der Waals surface area contributed by atoms with Gasteiger partial charge in [0.15, 0.2) is 0 Å². The first kappa shape index (κ1) is 19.2. The molecule has 4 N–H and O–H groups in total. The number of aromatic amines is 1. The lowest BCUT2D eigenvalue weighted by Crippen LogP contribution is -2.13. The Kier molecular flexibility index (Phi) is 5.74. The van der Waals surface area contributed by atoms with Crippen molar-refractivity contribution in [3.63, 3.8) is 0 Å². The molecule has 0 fully saturated rings. The quantitative estimate of drug-likeness (QED) is 0.368. The molecule has 1 heterocycles. The third-order valence-corrected chi connectivity index (χ3v) is 4.06. The lowest BCUT2D eigenvalue weighted by molar-refractivity contribution is 0.102. The van der Waals surface area contributed by atoms with Crippen molar-refractivity contribution in [2.75, 3.05) is 11.1 Å². The van der Waals surface area contributed by atoms with E-state index in [1.54, 1.807) is 12.1 Å². The molecule has 3 aromatic carbocycles. The van der Waals surface area contributed by atoms with Crippen LogP contribution in [0, 0.1) is 5.82 Å². The fourth-order valence-electron chi connectivity index (χ4n) is 2.71. The van der Waals surface area contributed by atoms with Crippen LogP contribution in [-0.2, 0) is 0 Å². The lowest BCUT2D eigenvalue weighted by atomic mass is 10.2. The molecule has 1 amide bonds. The zero-order valence-corrected chi connectivity index (χ0v) is 15.2. The predicted molar refractivity (Wildman–Crippen MR) is 112 cm³/mol. The van der Waals surface area contributed by atoms with Gasteiger partial charge in [0.05, 0.1) is 30.3 Å². The zero-order valence-electron chi connectivity index (χ0n) is 15.2. The molecule has 0 aliphatic rings. The van der Waals surface area contributed by atoms with Gasteiger partial charge in [-0.15, -0.1) is 0 Å². The molecule has 4 rings (SSSR count). The number of nitrogens with two attached hydrogens (primary N) is 1. The van der Waals surface area contributed by atoms with Gasteiger partial charge in [0.2, 0.25) is 0 Å². The van der Waals surface area contributed by atoms with E-state index in [0.717, 1.165) is 16.9 Å². The summed E-state index contributed by atoms with van der Waals surface area (Å²) in [6.45, 7) is 1.50. The Hall–Kier alpha value is -3.61. The number of hydrogen-bond acceptors (Lipinski definition) is 3. The number of rotatable bonds is 3. The Balaban J connectivity index is 0.00000109. The fourth-order valence-corrected chi connectivity index (χ4v) is 2.71. The summed E-state index contributed by atoms with van der Waals surface area (Å²) in [5.74, 6) is -0.0377. The predicted octanol–water partition coefficient (Wildman–Crippen LogP) is 4.41. The minimum Gasteiger partial charge on any atom is -0.397 e. The van der Waals surface area contributed by atoms with Crippen molar-refractivity contribution >= 4 is 36.2 Å². The molecule has 0 unspecified atom stereocenters. The minimum absolute atomic E-state index is 0.345. The maximum Gasteiger partial charge on any atom is 0.255 e. The highest BCUT2D eigenvalue weighted by atomic mass is 19.1. The largest absolute Gasteiger partial charge is 0.397 e. The average molecular weight is 372 g/mol. The van der Waals surface area contributed by atoms with Gasteiger partial charge in [0.1, 0.15) is 11.6 Å². The standard InChI is InChI=1S/C20H15FN4O.CH3B/c21-14-8-6-13(7-9-14)20(26)25-16-11-18-17(10-15(16)22)23-19(24-18)12-4-2-1-3-5-12;1-2/h1-11H,22H2,(H,23,24)(H,25,26);1H3. The molecular weight excluding hydrogens is 354 g/mol. The lowest BCUT2D eigenvalue weighted by Gasteiger charge is -2.08. The highest BCUT2D eigenvalue weighted by Crippen LogP contribution is 2.28. The van der Waals surface area contributed by atoms with Crippen molar-refractivity contribution < 1.29 is 9.18 Å². The summed E-state index contributed by atoms with van der Waals surface area (Å²) in [4.78, 5) is 20.1. The molecule has 7 heteroatoms. The van der Waals surface area contributed by atoms with Crippen molar-refractivity contribution in [2.24, 2.45) is 0 Å². The van der Waals surface area contributed by atoms with Crippen molar-refractivity contribution in [2.45, 2.75) is 6.82 Å². The number of imidazole rings is 1. The van der Waals surface area contributed by atoms with E-state index in [1.165, 1.54) is 31.1 Å². The van der Waals surface area contributed by atoms with Crippen LogP contribution in [0.15, 0.2) is 66.7 Å². The normalized spacial score (nSPS) is 10.2. The van der Waals surface area contributed by atoms with Crippen molar-refractivity contribution in [3.8, 4) is 11.4 Å². The Morgan fingerprint density at radius 3 is 2.43 bits per heavy atom. The molecule has 0 aliphatic carbocycles. The molecule has 28 heavy (non-hydrogen) atoms. The number of fused-ring (bicyclic) bond motifs is 1. The van der Waals surface area contributed by atoms with E-state index in [2.05, 4.69) is 23.1 Å². The molecule has 0 saturated heterocycles. The van der Waals surface area contributed by atoms with Crippen LogP contribution in [0.5, 0.6) is 0 Å². The number of halogens is 1. The number of nitrogens with one attached hydrogen (secondary N) is 2. The molecule has 0 atom stereocenters. The number of amides is 1. The number of carbonyl (C=O) groups is 1. The first-order valence-electron chi connectivity index (χ1n) is 8.59. The average Bonchev–Trinajstić information content (AvgIpc) is 3.13. The van der Waals surface area contributed by atoms with Crippen molar-refractivity contribution in [1.82, 2.24) is 9.97 Å². The van der Waals surface area contributed by atoms with E-state index in [0.29, 0.717) is 22.5 Å². The number of nitrogens with zero attached hydrogens (tertiary/aromatic N) is 1. The van der Waals surface area contributed by atoms with Gasteiger partial charge >= 0.3 is 0 Å². The number of carbonyl (C=O) groups excluding carboxylic acids is 1. The maximum absolute atomic E-state index is 13.0. The summed E-state index contributed by atoms with van der Waals surface area (Å²) >= 11 is 0. The number of anilines is 2. The number of benzene rings is 3. The first-order valence-corrected chi connectivity index (χ1v) is 8.59. The topological polar surface area (TPSA) is 83.8 Å². The van der Waals surface area contributed by atoms with Gasteiger partial charge in [-0.25, -0.2) is 9.37 Å². The van der Waals surface area contributed by atoms with Crippen molar-refractivity contribution in [3.05, 3.63) is 78.1 Å². The van der Waals surface area contributed by atoms with Crippen molar-refractivity contribution in [1.29, 1.82) is 0 Å². The van der Waals surface area contributed by atoms with E-state index in [1.807, 2.05) is 30.3 Å². The van der Waals surface area contributed by atoms with E-state index in [-0.39, 0.29) is 5.91 Å². The van der Waals surface area contributed by atoms with Crippen LogP contribution in [-0.4, -0.2) is 23.7 Å². The van der Waals surface area contributed by atoms with Crippen LogP contribution in [0.1, 0.15) is 10.4 Å². The molecule has 0 saturated carbocycles. The minimum atomic E-state index is -0.396. The van der Waals surface area contributed by atoms with Crippen LogP contribution in [0.4, 0.5) is 15.8 Å². The Bertz CT molecular complexity index is 1090. The first-order chi connectivity index (χ1) is 13.6. The van der Waals surface area contributed by atoms with Gasteiger partial charge in [-0.2, -0.15) is 0 Å². The third-order valence-electron chi connectivity index (χ3n) is 4.06. The molecular formula is C21H18BFN4O. The van der Waals surface area contributed by atoms with Gasteiger partial charge < -0.3 is 16.0 Å². The summed E-state index contributed by atoms with van der Waals surface area (Å²) in [5, 5.41) is 2.75. The van der Waals surface area contributed by atoms with E-state index in [4.69, 9.17) is 5.73 Å². The highest BCUT2D eigenvalue weighted by Gasteiger charge is 2.12. The highest BCUT2D eigenvalue weighted by molar-refractivity contribution is 6.07. The second-order valence-electron chi connectivity index (χ2n) is 5.87. The molecule has 0 aliphatic heterocycles. The molecule has 4 aromatic rings. The van der Waals surface area contributed by atoms with Crippen LogP contribution in [0.2, 0.25) is 6.82 Å². The Labute approximate surface area is 163 Å². The summed E-state index contributed by atoms with van der Waals surface area (Å²) < 4.78 is 13.0. The van der Waals surface area contributed by atoms with Gasteiger partial charge in [0, 0.05) is 11.1 Å². The van der Waals surface area contributed by atoms with Gasteiger partial charge in [-0.3, -0.25) is 4.79 Å². The van der Waals surface area contributed by atoms with E-state index in [9.17, 15) is 9.18 Å². The van der Waals surface area contributed by atoms with E-state index >= 15 is 0 Å². The zero-order chi connectivity index (χ0) is 20.1. The summed E-state index contributed by atoms with van der Waals surface area (Å²) in [7, 11) is 4.50. The molecule has 2 radical (unpaired) electrons. The number of aromatic nitrogens is 2. The summed E-state index contributed by atoms with van der Waals surface area (Å²) in [6.07, 6.45) is 0. The Morgan fingerprint density at radius 1 is 1.07 bits per heavy atom. The third kappa shape index (κ3) is 4.04. The monoisotopic (exact) mass is 372 g/mol. The number of hydrogen-bond donors (Lipinski definition) is 3. The van der Waals surface area contributed by atoms with Crippen LogP contribution >= 0.6 is 0 Å². The smallest absolute Gasteiger partial charge is 0.255 e. The number of nitrogen functional groups attached to an aromatic ring is 1. The Morgan fingerprint density at radius 2 is 1.75 bits per heavy atom. The van der Waals surface area contributed by atoms with Crippen LogP contribution in [0.25, 0.3) is 22.4 Å². The SMILES string of the molecule is Nc1cc2[nH]c(-c3ccccc3)nc2cc1NC(=O)c1ccc(F)cc1.[B]C. The van der Waals surface area contributed by atoms with Gasteiger partial charge in [-0.1, -0.05) is 37.2 Å². The molecule has 0 bridgehead atoms. The second kappa shape index (κ2) is 8.39. The molecule has 5 nitrogen and oxygen atoms in total. The summed E-state index contributed by atoms with van der Waals surface area (Å²) in [6, 6.07) is 18.5. The molecule has 0 spiro atoms. The summed E-state index contributed by atoms with van der Waals surface area (Å²) in [5.41, 5.74) is 9.70. The van der Waals surface area contributed by atoms with Crippen LogP contribution in [0.3, 0.4) is 0 Å².